The topological polar surface area (TPSA) is 35.5 Å². The molecule has 2 aromatic carbocycles. The summed E-state index contributed by atoms with van der Waals surface area (Å²) in [5.41, 5.74) is 2.12. The van der Waals surface area contributed by atoms with Crippen molar-refractivity contribution in [3.63, 3.8) is 0 Å². The summed E-state index contributed by atoms with van der Waals surface area (Å²) in [5, 5.41) is 2.27. The molecule has 0 amide bonds. The Labute approximate surface area is 156 Å². The lowest BCUT2D eigenvalue weighted by atomic mass is 9.90. The van der Waals surface area contributed by atoms with E-state index >= 15 is 0 Å². The van der Waals surface area contributed by atoms with Crippen molar-refractivity contribution in [2.45, 2.75) is 58.5 Å². The van der Waals surface area contributed by atoms with E-state index < -0.39 is 0 Å². The van der Waals surface area contributed by atoms with Crippen LogP contribution in [0.25, 0.3) is 16.5 Å². The van der Waals surface area contributed by atoms with Gasteiger partial charge in [0, 0.05) is 24.1 Å². The lowest BCUT2D eigenvalue weighted by Gasteiger charge is -2.25. The van der Waals surface area contributed by atoms with Crippen LogP contribution < -0.4 is 0 Å². The molecule has 0 saturated heterocycles. The lowest BCUT2D eigenvalue weighted by molar-refractivity contribution is -0.144. The summed E-state index contributed by atoms with van der Waals surface area (Å²) in [5.74, 6) is 0.548. The highest BCUT2D eigenvalue weighted by atomic mass is 16.5. The molecule has 2 aromatic rings. The molecule has 0 fully saturated rings. The van der Waals surface area contributed by atoms with E-state index in [1.807, 2.05) is 18.2 Å². The lowest BCUT2D eigenvalue weighted by Crippen LogP contribution is -2.12. The third kappa shape index (κ3) is 4.27. The molecule has 0 aliphatic heterocycles. The molecule has 0 heterocycles. The van der Waals surface area contributed by atoms with Crippen LogP contribution in [0.1, 0.15) is 69.6 Å². The van der Waals surface area contributed by atoms with Crippen LogP contribution in [0.2, 0.25) is 0 Å². The van der Waals surface area contributed by atoms with Gasteiger partial charge in [-0.3, -0.25) is 4.79 Å². The zero-order chi connectivity index (χ0) is 18.4. The van der Waals surface area contributed by atoms with Gasteiger partial charge in [-0.2, -0.15) is 0 Å². The fraction of sp³-hybridized carbons (Fsp3) is 0.435. The van der Waals surface area contributed by atoms with Crippen LogP contribution in [0.15, 0.2) is 42.5 Å². The molecule has 1 atom stereocenters. The van der Waals surface area contributed by atoms with Crippen LogP contribution in [0.3, 0.4) is 0 Å². The fourth-order valence-electron chi connectivity index (χ4n) is 3.60. The zero-order valence-corrected chi connectivity index (χ0v) is 15.8. The summed E-state index contributed by atoms with van der Waals surface area (Å²) >= 11 is 0. The third-order valence-electron chi connectivity index (χ3n) is 4.86. The van der Waals surface area contributed by atoms with Crippen molar-refractivity contribution in [3.8, 4) is 0 Å². The van der Waals surface area contributed by atoms with E-state index in [1.165, 1.54) is 39.0 Å². The second-order valence-electron chi connectivity index (χ2n) is 6.93. The summed E-state index contributed by atoms with van der Waals surface area (Å²) in [6.45, 7) is 4.38. The second-order valence-corrected chi connectivity index (χ2v) is 6.93. The Morgan fingerprint density at radius 1 is 1.00 bits per heavy atom. The number of ether oxygens (including phenoxy) is 2. The maximum absolute atomic E-state index is 11.5. The van der Waals surface area contributed by atoms with Gasteiger partial charge in [-0.25, -0.2) is 0 Å². The van der Waals surface area contributed by atoms with Crippen LogP contribution in [-0.2, 0) is 14.3 Å². The minimum atomic E-state index is -0.384. The van der Waals surface area contributed by atoms with E-state index in [1.54, 1.807) is 0 Å². The van der Waals surface area contributed by atoms with Gasteiger partial charge in [-0.1, -0.05) is 75.4 Å². The van der Waals surface area contributed by atoms with Gasteiger partial charge in [0.15, 0.2) is 0 Å². The van der Waals surface area contributed by atoms with Crippen LogP contribution in [0.4, 0.5) is 0 Å². The maximum Gasteiger partial charge on any atom is 0.303 e. The van der Waals surface area contributed by atoms with Crippen LogP contribution >= 0.6 is 0 Å². The number of hydrogen-bond acceptors (Lipinski definition) is 3. The minimum absolute atomic E-state index is 0.280. The summed E-state index contributed by atoms with van der Waals surface area (Å²) in [7, 11) is 0. The number of unbranched alkanes of at least 4 members (excludes halogenated alkanes) is 5. The van der Waals surface area contributed by atoms with Crippen molar-refractivity contribution in [2.24, 2.45) is 0 Å². The van der Waals surface area contributed by atoms with Crippen molar-refractivity contribution >= 4 is 22.5 Å². The average molecular weight is 352 g/mol. The molecule has 0 bridgehead atoms. The van der Waals surface area contributed by atoms with E-state index in [0.29, 0.717) is 6.61 Å². The number of esters is 1. The van der Waals surface area contributed by atoms with E-state index in [-0.39, 0.29) is 12.1 Å². The monoisotopic (exact) mass is 352 g/mol. The van der Waals surface area contributed by atoms with Gasteiger partial charge in [0.1, 0.15) is 11.9 Å². The first-order valence-corrected chi connectivity index (χ1v) is 9.74. The molecule has 0 saturated carbocycles. The molecule has 1 unspecified atom stereocenters. The van der Waals surface area contributed by atoms with Gasteiger partial charge < -0.3 is 9.47 Å². The molecule has 1 aliphatic carbocycles. The molecular weight excluding hydrogens is 324 g/mol. The fourth-order valence-corrected chi connectivity index (χ4v) is 3.60. The zero-order valence-electron chi connectivity index (χ0n) is 15.8. The van der Waals surface area contributed by atoms with Crippen LogP contribution in [0, 0.1) is 0 Å². The van der Waals surface area contributed by atoms with Crippen molar-refractivity contribution in [2.75, 3.05) is 6.61 Å². The second kappa shape index (κ2) is 8.88. The molecule has 3 heteroatoms. The van der Waals surface area contributed by atoms with Crippen LogP contribution in [-0.4, -0.2) is 12.6 Å². The first-order chi connectivity index (χ1) is 12.7. The van der Waals surface area contributed by atoms with Gasteiger partial charge in [0.2, 0.25) is 0 Å². The first kappa shape index (κ1) is 18.5. The maximum atomic E-state index is 11.5. The van der Waals surface area contributed by atoms with E-state index in [0.717, 1.165) is 34.1 Å². The predicted molar refractivity (Wildman–Crippen MR) is 106 cm³/mol. The molecule has 138 valence electrons. The predicted octanol–water partition coefficient (Wildman–Crippen LogP) is 6.18. The summed E-state index contributed by atoms with van der Waals surface area (Å²) in [6.07, 6.45) is 8.96. The molecule has 3 rings (SSSR count). The molecular formula is C23H28O3. The van der Waals surface area contributed by atoms with Crippen molar-refractivity contribution in [3.05, 3.63) is 53.6 Å². The Bertz CT molecular complexity index is 786. The minimum Gasteiger partial charge on any atom is -0.493 e. The highest BCUT2D eigenvalue weighted by Crippen LogP contribution is 2.39. The SMILES string of the molecule is CCCCCCCCOC1=CC(OC(C)=O)c2cccc3cccc1c23. The Hall–Kier alpha value is -2.29. The smallest absolute Gasteiger partial charge is 0.303 e. The molecule has 26 heavy (non-hydrogen) atoms. The Morgan fingerprint density at radius 3 is 2.50 bits per heavy atom. The van der Waals surface area contributed by atoms with E-state index in [9.17, 15) is 4.79 Å². The van der Waals surface area contributed by atoms with Crippen molar-refractivity contribution in [1.29, 1.82) is 0 Å². The first-order valence-electron chi connectivity index (χ1n) is 9.74. The molecule has 0 radical (unpaired) electrons. The van der Waals surface area contributed by atoms with Gasteiger partial charge in [0.25, 0.3) is 0 Å². The number of benzene rings is 2. The number of hydrogen-bond donors (Lipinski definition) is 0. The quantitative estimate of drug-likeness (QED) is 0.399. The van der Waals surface area contributed by atoms with Gasteiger partial charge in [-0.05, 0) is 17.2 Å². The van der Waals surface area contributed by atoms with Gasteiger partial charge >= 0.3 is 5.97 Å². The molecule has 0 N–H and O–H groups in total. The van der Waals surface area contributed by atoms with Crippen molar-refractivity contribution in [1.82, 2.24) is 0 Å². The van der Waals surface area contributed by atoms with E-state index in [4.69, 9.17) is 9.47 Å². The Balaban J connectivity index is 1.74. The highest BCUT2D eigenvalue weighted by molar-refractivity contribution is 5.97. The summed E-state index contributed by atoms with van der Waals surface area (Å²) in [6, 6.07) is 12.3. The molecule has 0 spiro atoms. The van der Waals surface area contributed by atoms with E-state index in [2.05, 4.69) is 31.2 Å². The molecule has 0 aromatic heterocycles. The normalized spacial score (nSPS) is 15.6. The van der Waals surface area contributed by atoms with Gasteiger partial charge in [0.05, 0.1) is 6.61 Å². The number of rotatable bonds is 9. The van der Waals surface area contributed by atoms with Crippen LogP contribution in [0.5, 0.6) is 0 Å². The molecule has 1 aliphatic rings. The summed E-state index contributed by atoms with van der Waals surface area (Å²) < 4.78 is 11.7. The average Bonchev–Trinajstić information content (AvgIpc) is 2.64. The van der Waals surface area contributed by atoms with Gasteiger partial charge in [-0.15, -0.1) is 0 Å². The number of carbonyl (C=O) groups is 1. The summed E-state index contributed by atoms with van der Waals surface area (Å²) in [4.78, 5) is 11.5. The number of carbonyl (C=O) groups excluding carboxylic acids is 1. The largest absolute Gasteiger partial charge is 0.493 e. The Morgan fingerprint density at radius 2 is 1.73 bits per heavy atom. The van der Waals surface area contributed by atoms with Crippen molar-refractivity contribution < 1.29 is 14.3 Å². The highest BCUT2D eigenvalue weighted by Gasteiger charge is 2.25. The molecule has 3 nitrogen and oxygen atoms in total. The third-order valence-corrected chi connectivity index (χ3v) is 4.86. The Kier molecular flexibility index (Phi) is 6.32. The standard InChI is InChI=1S/C23H28O3/c1-3-4-5-6-7-8-15-25-21-16-22(26-17(2)24)20-14-10-12-18-11-9-13-19(21)23(18)20/h9-14,16,22H,3-8,15H2,1-2H3.